The van der Waals surface area contributed by atoms with Gasteiger partial charge in [-0.15, -0.1) is 0 Å². The van der Waals surface area contributed by atoms with Crippen LogP contribution in [-0.4, -0.2) is 15.9 Å². The molecule has 2 saturated carbocycles. The SMILES string of the molecule is Brc1c(OC2CCCCC2)cnn1C1CCC1. The van der Waals surface area contributed by atoms with E-state index >= 15 is 0 Å². The third-order valence-corrected chi connectivity index (χ3v) is 4.72. The Morgan fingerprint density at radius 3 is 2.53 bits per heavy atom. The lowest BCUT2D eigenvalue weighted by Crippen LogP contribution is -2.20. The fraction of sp³-hybridized carbons (Fsp3) is 0.769. The van der Waals surface area contributed by atoms with Crippen LogP contribution in [0.4, 0.5) is 0 Å². The molecule has 0 bridgehead atoms. The summed E-state index contributed by atoms with van der Waals surface area (Å²) in [6.07, 6.45) is 12.5. The van der Waals surface area contributed by atoms with E-state index in [9.17, 15) is 0 Å². The molecule has 3 rings (SSSR count). The number of hydrogen-bond acceptors (Lipinski definition) is 2. The van der Waals surface area contributed by atoms with Crippen LogP contribution in [0.5, 0.6) is 5.75 Å². The molecule has 17 heavy (non-hydrogen) atoms. The minimum atomic E-state index is 0.402. The highest BCUT2D eigenvalue weighted by Crippen LogP contribution is 2.37. The molecule has 2 aliphatic rings. The molecule has 0 N–H and O–H groups in total. The Morgan fingerprint density at radius 2 is 1.88 bits per heavy atom. The normalized spacial score (nSPS) is 22.4. The maximum absolute atomic E-state index is 6.06. The van der Waals surface area contributed by atoms with Crippen LogP contribution in [-0.2, 0) is 0 Å². The van der Waals surface area contributed by atoms with Crippen LogP contribution in [0.1, 0.15) is 57.4 Å². The van der Waals surface area contributed by atoms with Gasteiger partial charge in [-0.25, -0.2) is 0 Å². The van der Waals surface area contributed by atoms with E-state index < -0.39 is 0 Å². The lowest BCUT2D eigenvalue weighted by Gasteiger charge is -2.26. The van der Waals surface area contributed by atoms with Crippen LogP contribution in [0.25, 0.3) is 0 Å². The second-order valence-electron chi connectivity index (χ2n) is 5.21. The lowest BCUT2D eigenvalue weighted by molar-refractivity contribution is 0.153. The molecule has 0 spiro atoms. The first-order chi connectivity index (χ1) is 8.34. The second-order valence-corrected chi connectivity index (χ2v) is 5.96. The molecule has 94 valence electrons. The van der Waals surface area contributed by atoms with Crippen LogP contribution in [0.3, 0.4) is 0 Å². The van der Waals surface area contributed by atoms with Gasteiger partial charge in [-0.2, -0.15) is 5.10 Å². The summed E-state index contributed by atoms with van der Waals surface area (Å²) in [5.41, 5.74) is 0. The van der Waals surface area contributed by atoms with Gasteiger partial charge in [-0.05, 0) is 60.9 Å². The van der Waals surface area contributed by atoms with Crippen molar-refractivity contribution in [1.82, 2.24) is 9.78 Å². The average Bonchev–Trinajstić information content (AvgIpc) is 2.61. The van der Waals surface area contributed by atoms with E-state index in [0.29, 0.717) is 12.1 Å². The Kier molecular flexibility index (Phi) is 3.41. The predicted molar refractivity (Wildman–Crippen MR) is 70.3 cm³/mol. The van der Waals surface area contributed by atoms with Crippen LogP contribution < -0.4 is 4.74 Å². The van der Waals surface area contributed by atoms with Gasteiger partial charge >= 0.3 is 0 Å². The van der Waals surface area contributed by atoms with Gasteiger partial charge in [0.15, 0.2) is 5.75 Å². The third kappa shape index (κ3) is 2.37. The Labute approximate surface area is 111 Å². The molecule has 0 unspecified atom stereocenters. The summed E-state index contributed by atoms with van der Waals surface area (Å²) in [5.74, 6) is 0.934. The molecule has 0 aliphatic heterocycles. The van der Waals surface area contributed by atoms with E-state index in [2.05, 4.69) is 25.7 Å². The Morgan fingerprint density at radius 1 is 1.12 bits per heavy atom. The first kappa shape index (κ1) is 11.6. The van der Waals surface area contributed by atoms with Crippen molar-refractivity contribution in [2.45, 2.75) is 63.5 Å². The molecule has 2 fully saturated rings. The smallest absolute Gasteiger partial charge is 0.172 e. The first-order valence-electron chi connectivity index (χ1n) is 6.74. The molecule has 4 heteroatoms. The van der Waals surface area contributed by atoms with E-state index in [4.69, 9.17) is 4.74 Å². The monoisotopic (exact) mass is 298 g/mol. The molecule has 0 aromatic carbocycles. The van der Waals surface area contributed by atoms with Gasteiger partial charge in [0.1, 0.15) is 4.60 Å². The van der Waals surface area contributed by atoms with Gasteiger partial charge in [0, 0.05) is 0 Å². The fourth-order valence-corrected chi connectivity index (χ4v) is 3.24. The van der Waals surface area contributed by atoms with Crippen molar-refractivity contribution >= 4 is 15.9 Å². The molecule has 3 nitrogen and oxygen atoms in total. The lowest BCUT2D eigenvalue weighted by atomic mass is 9.93. The van der Waals surface area contributed by atoms with Crippen molar-refractivity contribution in [3.8, 4) is 5.75 Å². The zero-order valence-electron chi connectivity index (χ0n) is 10.1. The summed E-state index contributed by atoms with van der Waals surface area (Å²) < 4.78 is 9.18. The number of ether oxygens (including phenoxy) is 1. The van der Waals surface area contributed by atoms with Crippen molar-refractivity contribution < 1.29 is 4.74 Å². The summed E-state index contributed by atoms with van der Waals surface area (Å²) >= 11 is 3.63. The standard InChI is InChI=1S/C13H19BrN2O/c14-13-12(17-11-7-2-1-3-8-11)9-15-16(13)10-5-4-6-10/h9-11H,1-8H2. The van der Waals surface area contributed by atoms with Crippen LogP contribution in [0.2, 0.25) is 0 Å². The van der Waals surface area contributed by atoms with E-state index in [1.54, 1.807) is 0 Å². The summed E-state index contributed by atoms with van der Waals surface area (Å²) in [6.45, 7) is 0. The number of rotatable bonds is 3. The van der Waals surface area contributed by atoms with Gasteiger partial charge in [-0.1, -0.05) is 6.42 Å². The van der Waals surface area contributed by atoms with Crippen molar-refractivity contribution in [3.63, 3.8) is 0 Å². The van der Waals surface area contributed by atoms with Crippen molar-refractivity contribution in [2.24, 2.45) is 0 Å². The molecule has 0 amide bonds. The molecule has 1 aromatic heterocycles. The number of halogens is 1. The number of hydrogen-bond donors (Lipinski definition) is 0. The zero-order valence-corrected chi connectivity index (χ0v) is 11.7. The predicted octanol–water partition coefficient (Wildman–Crippen LogP) is 4.08. The summed E-state index contributed by atoms with van der Waals surface area (Å²) in [5, 5.41) is 4.45. The third-order valence-electron chi connectivity index (χ3n) is 3.97. The molecular weight excluding hydrogens is 280 g/mol. The number of nitrogens with zero attached hydrogens (tertiary/aromatic N) is 2. The van der Waals surface area contributed by atoms with Crippen molar-refractivity contribution in [3.05, 3.63) is 10.8 Å². The van der Waals surface area contributed by atoms with Gasteiger partial charge in [0.2, 0.25) is 0 Å². The molecule has 1 heterocycles. The molecule has 0 radical (unpaired) electrons. The Bertz CT molecular complexity index is 381. The molecule has 0 saturated heterocycles. The minimum Gasteiger partial charge on any atom is -0.486 e. The molecule has 0 atom stereocenters. The largest absolute Gasteiger partial charge is 0.486 e. The fourth-order valence-electron chi connectivity index (χ4n) is 2.66. The highest BCUT2D eigenvalue weighted by Gasteiger charge is 2.25. The maximum atomic E-state index is 6.06. The van der Waals surface area contributed by atoms with Gasteiger partial charge in [-0.3, -0.25) is 4.68 Å². The first-order valence-corrected chi connectivity index (χ1v) is 7.53. The van der Waals surface area contributed by atoms with Crippen molar-refractivity contribution in [1.29, 1.82) is 0 Å². The highest BCUT2D eigenvalue weighted by molar-refractivity contribution is 9.10. The van der Waals surface area contributed by atoms with Crippen LogP contribution in [0.15, 0.2) is 10.8 Å². The Hall–Kier alpha value is -0.510. The zero-order chi connectivity index (χ0) is 11.7. The van der Waals surface area contributed by atoms with E-state index in [1.807, 2.05) is 6.20 Å². The van der Waals surface area contributed by atoms with Gasteiger partial charge in [0.25, 0.3) is 0 Å². The molecular formula is C13H19BrN2O. The topological polar surface area (TPSA) is 27.1 Å². The van der Waals surface area contributed by atoms with Gasteiger partial charge in [0.05, 0.1) is 18.3 Å². The summed E-state index contributed by atoms with van der Waals surface area (Å²) in [4.78, 5) is 0. The maximum Gasteiger partial charge on any atom is 0.172 e. The summed E-state index contributed by atoms with van der Waals surface area (Å²) in [7, 11) is 0. The van der Waals surface area contributed by atoms with Gasteiger partial charge < -0.3 is 4.74 Å². The minimum absolute atomic E-state index is 0.402. The number of aromatic nitrogens is 2. The quantitative estimate of drug-likeness (QED) is 0.841. The van der Waals surface area contributed by atoms with E-state index in [1.165, 1.54) is 51.4 Å². The highest BCUT2D eigenvalue weighted by atomic mass is 79.9. The molecule has 2 aliphatic carbocycles. The van der Waals surface area contributed by atoms with E-state index in [-0.39, 0.29) is 0 Å². The Balaban J connectivity index is 1.67. The van der Waals surface area contributed by atoms with Crippen LogP contribution >= 0.6 is 15.9 Å². The van der Waals surface area contributed by atoms with E-state index in [0.717, 1.165) is 10.4 Å². The van der Waals surface area contributed by atoms with Crippen LogP contribution in [0, 0.1) is 0 Å². The molecule has 1 aromatic rings. The van der Waals surface area contributed by atoms with Crippen molar-refractivity contribution in [2.75, 3.05) is 0 Å². The average molecular weight is 299 g/mol. The second kappa shape index (κ2) is 5.01. The summed E-state index contributed by atoms with van der Waals surface area (Å²) in [6, 6.07) is 0.591.